The van der Waals surface area contributed by atoms with Crippen LogP contribution >= 0.6 is 11.6 Å². The molecule has 1 aliphatic carbocycles. The predicted molar refractivity (Wildman–Crippen MR) is 121 cm³/mol. The number of piperidine rings is 1. The zero-order valence-electron chi connectivity index (χ0n) is 17.9. The Balaban J connectivity index is 1.28. The van der Waals surface area contributed by atoms with Crippen molar-refractivity contribution in [1.29, 1.82) is 5.26 Å². The highest BCUT2D eigenvalue weighted by Crippen LogP contribution is 2.39. The van der Waals surface area contributed by atoms with E-state index >= 15 is 4.39 Å². The summed E-state index contributed by atoms with van der Waals surface area (Å²) in [4.78, 5) is 11.2. The van der Waals surface area contributed by atoms with Crippen molar-refractivity contribution in [2.45, 2.75) is 43.4 Å². The van der Waals surface area contributed by atoms with Crippen LogP contribution in [0.3, 0.4) is 0 Å². The van der Waals surface area contributed by atoms with Crippen molar-refractivity contribution >= 4 is 34.1 Å². The highest BCUT2D eigenvalue weighted by molar-refractivity contribution is 6.32. The molecule has 0 radical (unpaired) electrons. The van der Waals surface area contributed by atoms with Gasteiger partial charge >= 0.3 is 0 Å². The number of anilines is 2. The summed E-state index contributed by atoms with van der Waals surface area (Å²) in [7, 11) is 0. The molecule has 170 valence electrons. The Labute approximate surface area is 195 Å². The Morgan fingerprint density at radius 2 is 2.03 bits per heavy atom. The normalized spacial score (nSPS) is 23.9. The standard InChI is InChI=1S/C23H23ClFN7O/c24-22-21(9-28-32(22)15-1-2-15)30-23-27-8-14-5-13(7-26)18(6-20(14)29-23)17-3-4-31(10-19(17)25)16-11-33-12-16/h5-6,8-9,15-17,19H,1-4,10-12H2,(H,27,29,30)/t17-,19+/m0/s1. The molecule has 1 N–H and O–H groups in total. The number of halogens is 2. The van der Waals surface area contributed by atoms with Crippen molar-refractivity contribution < 1.29 is 9.13 Å². The molecule has 10 heteroatoms. The first-order chi connectivity index (χ1) is 16.1. The minimum atomic E-state index is -1.05. The first-order valence-corrected chi connectivity index (χ1v) is 11.6. The quantitative estimate of drug-likeness (QED) is 0.607. The van der Waals surface area contributed by atoms with Gasteiger partial charge < -0.3 is 10.1 Å². The maximum atomic E-state index is 15.2. The SMILES string of the molecule is N#Cc1cc2cnc(Nc3cnn(C4CC4)c3Cl)nc2cc1[C@@H]1CCN(C2COC2)C[C@H]1F. The molecule has 33 heavy (non-hydrogen) atoms. The van der Waals surface area contributed by atoms with E-state index in [1.807, 2.05) is 10.7 Å². The van der Waals surface area contributed by atoms with Gasteiger partial charge in [0.1, 0.15) is 6.17 Å². The third-order valence-corrected chi connectivity index (χ3v) is 7.23. The number of fused-ring (bicyclic) bond motifs is 1. The molecule has 2 saturated heterocycles. The Morgan fingerprint density at radius 1 is 1.18 bits per heavy atom. The van der Waals surface area contributed by atoms with Gasteiger partial charge in [0.25, 0.3) is 0 Å². The number of nitrogens with zero attached hydrogens (tertiary/aromatic N) is 6. The average Bonchev–Trinajstić information content (AvgIpc) is 3.56. The fraction of sp³-hybridized carbons (Fsp3) is 0.478. The van der Waals surface area contributed by atoms with Crippen molar-refractivity contribution in [2.75, 3.05) is 31.6 Å². The van der Waals surface area contributed by atoms with E-state index in [0.717, 1.165) is 24.8 Å². The van der Waals surface area contributed by atoms with E-state index in [0.29, 0.717) is 71.7 Å². The summed E-state index contributed by atoms with van der Waals surface area (Å²) in [5.41, 5.74) is 2.50. The molecular weight excluding hydrogens is 445 g/mol. The van der Waals surface area contributed by atoms with Gasteiger partial charge in [0.2, 0.25) is 5.95 Å². The van der Waals surface area contributed by atoms with Crippen LogP contribution in [0.5, 0.6) is 0 Å². The van der Waals surface area contributed by atoms with Crippen LogP contribution in [0.25, 0.3) is 10.9 Å². The number of rotatable bonds is 5. The Hall–Kier alpha value is -2.80. The first kappa shape index (κ1) is 20.8. The van der Waals surface area contributed by atoms with Crippen molar-refractivity contribution in [1.82, 2.24) is 24.6 Å². The summed E-state index contributed by atoms with van der Waals surface area (Å²) >= 11 is 6.45. The molecule has 3 fully saturated rings. The highest BCUT2D eigenvalue weighted by Gasteiger charge is 2.37. The smallest absolute Gasteiger partial charge is 0.227 e. The number of likely N-dealkylation sites (tertiary alicyclic amines) is 1. The van der Waals surface area contributed by atoms with Crippen molar-refractivity contribution in [3.8, 4) is 6.07 Å². The molecule has 3 aromatic rings. The maximum Gasteiger partial charge on any atom is 0.227 e. The van der Waals surface area contributed by atoms with Gasteiger partial charge in [-0.3, -0.25) is 4.90 Å². The summed E-state index contributed by atoms with van der Waals surface area (Å²) in [6.07, 6.45) is 5.12. The fourth-order valence-electron chi connectivity index (χ4n) is 4.73. The number of alkyl halides is 1. The fourth-order valence-corrected chi connectivity index (χ4v) is 5.01. The summed E-state index contributed by atoms with van der Waals surface area (Å²) in [5.74, 6) is 0.0471. The van der Waals surface area contributed by atoms with Gasteiger partial charge in [-0.05, 0) is 43.5 Å². The number of hydrogen-bond donors (Lipinski definition) is 1. The maximum absolute atomic E-state index is 15.2. The number of nitrogens with one attached hydrogen (secondary N) is 1. The average molecular weight is 468 g/mol. The van der Waals surface area contributed by atoms with Crippen LogP contribution in [0.4, 0.5) is 16.0 Å². The van der Waals surface area contributed by atoms with Crippen LogP contribution in [0.15, 0.2) is 24.5 Å². The molecular formula is C23H23ClFN7O. The predicted octanol–water partition coefficient (Wildman–Crippen LogP) is 3.96. The molecule has 0 unspecified atom stereocenters. The first-order valence-electron chi connectivity index (χ1n) is 11.3. The van der Waals surface area contributed by atoms with E-state index < -0.39 is 6.17 Å². The molecule has 2 aromatic heterocycles. The second kappa shape index (κ2) is 8.20. The van der Waals surface area contributed by atoms with Gasteiger partial charge in [0, 0.05) is 24.0 Å². The molecule has 3 aliphatic rings. The third-order valence-electron chi connectivity index (χ3n) is 6.85. The molecule has 2 atom stereocenters. The van der Waals surface area contributed by atoms with Crippen LogP contribution in [0, 0.1) is 11.3 Å². The van der Waals surface area contributed by atoms with Crippen molar-refractivity contribution in [3.63, 3.8) is 0 Å². The van der Waals surface area contributed by atoms with E-state index in [2.05, 4.69) is 31.4 Å². The lowest BCUT2D eigenvalue weighted by Gasteiger charge is -2.43. The summed E-state index contributed by atoms with van der Waals surface area (Å²) in [6, 6.07) is 6.52. The number of ether oxygens (including phenoxy) is 1. The highest BCUT2D eigenvalue weighted by atomic mass is 35.5. The Bertz CT molecular complexity index is 1250. The molecule has 2 aliphatic heterocycles. The lowest BCUT2D eigenvalue weighted by Crippen LogP contribution is -2.54. The van der Waals surface area contributed by atoms with Crippen LogP contribution in [0.1, 0.15) is 42.3 Å². The summed E-state index contributed by atoms with van der Waals surface area (Å²) in [6.45, 7) is 2.50. The third kappa shape index (κ3) is 3.82. The Morgan fingerprint density at radius 3 is 2.73 bits per heavy atom. The minimum Gasteiger partial charge on any atom is -0.378 e. The van der Waals surface area contributed by atoms with Crippen LogP contribution in [-0.2, 0) is 4.74 Å². The van der Waals surface area contributed by atoms with E-state index in [-0.39, 0.29) is 5.92 Å². The van der Waals surface area contributed by atoms with E-state index in [9.17, 15) is 5.26 Å². The van der Waals surface area contributed by atoms with Crippen LogP contribution in [0.2, 0.25) is 5.15 Å². The van der Waals surface area contributed by atoms with Crippen molar-refractivity contribution in [2.24, 2.45) is 0 Å². The van der Waals surface area contributed by atoms with Gasteiger partial charge in [0.05, 0.1) is 54.3 Å². The Kier molecular flexibility index (Phi) is 5.17. The van der Waals surface area contributed by atoms with E-state index in [1.165, 1.54) is 0 Å². The molecule has 0 amide bonds. The molecule has 8 nitrogen and oxygen atoms in total. The lowest BCUT2D eigenvalue weighted by molar-refractivity contribution is -0.0807. The molecule has 6 rings (SSSR count). The molecule has 1 saturated carbocycles. The van der Waals surface area contributed by atoms with E-state index in [4.69, 9.17) is 16.3 Å². The topological polar surface area (TPSA) is 91.9 Å². The van der Waals surface area contributed by atoms with Gasteiger partial charge in [-0.2, -0.15) is 10.4 Å². The molecule has 4 heterocycles. The molecule has 1 aromatic carbocycles. The van der Waals surface area contributed by atoms with Crippen LogP contribution < -0.4 is 5.32 Å². The largest absolute Gasteiger partial charge is 0.378 e. The number of hydrogen-bond acceptors (Lipinski definition) is 7. The zero-order chi connectivity index (χ0) is 22.5. The zero-order valence-corrected chi connectivity index (χ0v) is 18.7. The van der Waals surface area contributed by atoms with E-state index in [1.54, 1.807) is 18.5 Å². The number of aromatic nitrogens is 4. The van der Waals surface area contributed by atoms with Gasteiger partial charge in [-0.25, -0.2) is 19.0 Å². The van der Waals surface area contributed by atoms with Crippen LogP contribution in [-0.4, -0.2) is 63.2 Å². The molecule has 0 spiro atoms. The summed E-state index contributed by atoms with van der Waals surface area (Å²) in [5, 5.41) is 18.5. The number of nitriles is 1. The second-order valence-electron chi connectivity index (χ2n) is 9.05. The van der Waals surface area contributed by atoms with Gasteiger partial charge in [0.15, 0.2) is 5.15 Å². The van der Waals surface area contributed by atoms with Crippen molar-refractivity contribution in [3.05, 3.63) is 40.8 Å². The minimum absolute atomic E-state index is 0.314. The summed E-state index contributed by atoms with van der Waals surface area (Å²) < 4.78 is 22.3. The molecule has 0 bridgehead atoms. The number of benzene rings is 1. The van der Waals surface area contributed by atoms with Gasteiger partial charge in [-0.15, -0.1) is 0 Å². The van der Waals surface area contributed by atoms with Gasteiger partial charge in [-0.1, -0.05) is 11.6 Å². The second-order valence-corrected chi connectivity index (χ2v) is 9.41. The lowest BCUT2D eigenvalue weighted by atomic mass is 9.84. The monoisotopic (exact) mass is 467 g/mol.